The first-order valence-electron chi connectivity index (χ1n) is 11.4. The van der Waals surface area contributed by atoms with Gasteiger partial charge < -0.3 is 19.9 Å². The zero-order valence-corrected chi connectivity index (χ0v) is 20.2. The average Bonchev–Trinajstić information content (AvgIpc) is 3.32. The van der Waals surface area contributed by atoms with E-state index >= 15 is 0 Å². The number of benzene rings is 2. The number of rotatable bonds is 10. The van der Waals surface area contributed by atoms with Crippen LogP contribution in [0.5, 0.6) is 5.75 Å². The fraction of sp³-hybridized carbons (Fsp3) is 0.500. The lowest BCUT2D eigenvalue weighted by Gasteiger charge is -2.27. The molecule has 5 nitrogen and oxygen atoms in total. The number of carboxylic acids is 1. The number of carboxylic acid groups (broad SMARTS) is 1. The normalized spacial score (nSPS) is 21.8. The number of halogens is 2. The lowest BCUT2D eigenvalue weighted by atomic mass is 9.94. The second kappa shape index (κ2) is 9.24. The van der Waals surface area contributed by atoms with Crippen LogP contribution in [0.3, 0.4) is 0 Å². The Bertz CT molecular complexity index is 1060. The van der Waals surface area contributed by atoms with E-state index in [1.165, 1.54) is 6.07 Å². The Labute approximate surface area is 199 Å². The largest absolute Gasteiger partial charge is 0.488 e. The third-order valence-corrected chi connectivity index (χ3v) is 6.92. The van der Waals surface area contributed by atoms with Gasteiger partial charge in [-0.2, -0.15) is 0 Å². The number of ether oxygens (including phenoxy) is 2. The van der Waals surface area contributed by atoms with E-state index in [0.29, 0.717) is 13.0 Å². The first-order valence-corrected chi connectivity index (χ1v) is 11.8. The first kappa shape index (κ1) is 24.0. The van der Waals surface area contributed by atoms with Crippen molar-refractivity contribution in [3.63, 3.8) is 0 Å². The molecule has 33 heavy (non-hydrogen) atoms. The van der Waals surface area contributed by atoms with Crippen LogP contribution in [-0.2, 0) is 16.0 Å². The summed E-state index contributed by atoms with van der Waals surface area (Å²) < 4.78 is 25.8. The number of aliphatic carboxylic acids is 1. The Morgan fingerprint density at radius 1 is 1.33 bits per heavy atom. The van der Waals surface area contributed by atoms with E-state index in [0.717, 1.165) is 41.0 Å². The van der Waals surface area contributed by atoms with Crippen LogP contribution in [0.15, 0.2) is 30.3 Å². The highest BCUT2D eigenvalue weighted by molar-refractivity contribution is 6.30. The molecule has 1 heterocycles. The summed E-state index contributed by atoms with van der Waals surface area (Å²) in [4.78, 5) is 11.5. The third-order valence-electron chi connectivity index (χ3n) is 6.61. The summed E-state index contributed by atoms with van der Waals surface area (Å²) >= 11 is 5.77. The molecule has 0 aromatic heterocycles. The number of aryl methyl sites for hydroxylation is 1. The van der Waals surface area contributed by atoms with E-state index in [1.807, 2.05) is 32.0 Å². The standard InChI is InChI=1S/C26H31ClFNO4/c1-14-6-8-17(20-21-22(25(30)31)24(21)33-23(14)20)15(2)32-11-5-10-29-26(3,4)13-16-7-9-18(27)19(28)12-16/h6-9,12,15,21-22,24,29H,5,10-11,13H2,1-4H3,(H,30,31). The van der Waals surface area contributed by atoms with Crippen molar-refractivity contribution in [2.75, 3.05) is 13.2 Å². The van der Waals surface area contributed by atoms with Crippen molar-refractivity contribution in [3.05, 3.63) is 63.4 Å². The Balaban J connectivity index is 1.27. The van der Waals surface area contributed by atoms with Crippen molar-refractivity contribution in [1.29, 1.82) is 0 Å². The molecule has 178 valence electrons. The van der Waals surface area contributed by atoms with Gasteiger partial charge in [-0.1, -0.05) is 29.8 Å². The molecule has 1 saturated carbocycles. The number of fused-ring (bicyclic) bond motifs is 3. The fourth-order valence-electron chi connectivity index (χ4n) is 4.85. The highest BCUT2D eigenvalue weighted by atomic mass is 35.5. The van der Waals surface area contributed by atoms with Crippen LogP contribution in [0, 0.1) is 18.7 Å². The Morgan fingerprint density at radius 3 is 2.79 bits per heavy atom. The molecule has 2 aliphatic rings. The molecular weight excluding hydrogens is 445 g/mol. The second-order valence-electron chi connectivity index (χ2n) is 9.79. The molecule has 4 atom stereocenters. The van der Waals surface area contributed by atoms with Gasteiger partial charge >= 0.3 is 5.97 Å². The average molecular weight is 476 g/mol. The number of nitrogens with one attached hydrogen (secondary N) is 1. The van der Waals surface area contributed by atoms with Gasteiger partial charge in [0.1, 0.15) is 23.6 Å². The molecule has 4 rings (SSSR count). The van der Waals surface area contributed by atoms with Crippen LogP contribution < -0.4 is 10.1 Å². The van der Waals surface area contributed by atoms with E-state index in [1.54, 1.807) is 6.07 Å². The maximum Gasteiger partial charge on any atom is 0.311 e. The van der Waals surface area contributed by atoms with Crippen molar-refractivity contribution in [2.24, 2.45) is 5.92 Å². The molecule has 2 N–H and O–H groups in total. The number of hydrogen-bond donors (Lipinski definition) is 2. The SMILES string of the molecule is Cc1ccc(C(C)OCCCNC(C)(C)Cc2ccc(Cl)c(F)c2)c2c1OC1C(C(=O)O)C21. The summed E-state index contributed by atoms with van der Waals surface area (Å²) in [6.07, 6.45) is 1.10. The molecule has 0 spiro atoms. The predicted molar refractivity (Wildman–Crippen MR) is 126 cm³/mol. The van der Waals surface area contributed by atoms with Gasteiger partial charge in [-0.25, -0.2) is 4.39 Å². The lowest BCUT2D eigenvalue weighted by Crippen LogP contribution is -2.42. The Hall–Kier alpha value is -2.15. The number of hydrogen-bond acceptors (Lipinski definition) is 4. The summed E-state index contributed by atoms with van der Waals surface area (Å²) in [5.74, 6) is -0.888. The molecule has 0 radical (unpaired) electrons. The maximum atomic E-state index is 13.7. The van der Waals surface area contributed by atoms with Gasteiger partial charge in [0.25, 0.3) is 0 Å². The van der Waals surface area contributed by atoms with Gasteiger partial charge in [-0.15, -0.1) is 0 Å². The summed E-state index contributed by atoms with van der Waals surface area (Å²) in [7, 11) is 0. The van der Waals surface area contributed by atoms with Gasteiger partial charge in [0.05, 0.1) is 11.1 Å². The smallest absolute Gasteiger partial charge is 0.311 e. The second-order valence-corrected chi connectivity index (χ2v) is 10.2. The molecular formula is C26H31ClFNO4. The lowest BCUT2D eigenvalue weighted by molar-refractivity contribution is -0.139. The van der Waals surface area contributed by atoms with E-state index < -0.39 is 17.7 Å². The quantitative estimate of drug-likeness (QED) is 0.449. The van der Waals surface area contributed by atoms with Crippen molar-refractivity contribution in [3.8, 4) is 5.75 Å². The van der Waals surface area contributed by atoms with Crippen molar-refractivity contribution in [1.82, 2.24) is 5.32 Å². The van der Waals surface area contributed by atoms with E-state index in [4.69, 9.17) is 21.1 Å². The molecule has 0 saturated heterocycles. The minimum atomic E-state index is -0.799. The minimum absolute atomic E-state index is 0.0707. The first-order chi connectivity index (χ1) is 15.6. The molecule has 0 bridgehead atoms. The van der Waals surface area contributed by atoms with Gasteiger partial charge in [0.15, 0.2) is 0 Å². The third kappa shape index (κ3) is 5.03. The van der Waals surface area contributed by atoms with Gasteiger partial charge in [0.2, 0.25) is 0 Å². The zero-order chi connectivity index (χ0) is 23.9. The highest BCUT2D eigenvalue weighted by Crippen LogP contribution is 2.61. The highest BCUT2D eigenvalue weighted by Gasteiger charge is 2.64. The van der Waals surface area contributed by atoms with Crippen LogP contribution in [0.2, 0.25) is 5.02 Å². The van der Waals surface area contributed by atoms with Crippen LogP contribution >= 0.6 is 11.6 Å². The summed E-state index contributed by atoms with van der Waals surface area (Å²) in [5.41, 5.74) is 3.75. The monoisotopic (exact) mass is 475 g/mol. The van der Waals surface area contributed by atoms with Crippen LogP contribution in [0.25, 0.3) is 0 Å². The summed E-state index contributed by atoms with van der Waals surface area (Å²) in [6, 6.07) is 8.97. The fourth-order valence-corrected chi connectivity index (χ4v) is 4.97. The van der Waals surface area contributed by atoms with Gasteiger partial charge in [-0.05, 0) is 75.9 Å². The van der Waals surface area contributed by atoms with Crippen LogP contribution in [0.4, 0.5) is 4.39 Å². The molecule has 2 aromatic rings. The number of carbonyl (C=O) groups is 1. The molecule has 1 aliphatic heterocycles. The van der Waals surface area contributed by atoms with Crippen molar-refractivity contribution < 1.29 is 23.8 Å². The zero-order valence-electron chi connectivity index (χ0n) is 19.5. The molecule has 4 unspecified atom stereocenters. The summed E-state index contributed by atoms with van der Waals surface area (Å²) in [5, 5.41) is 13.1. The molecule has 0 amide bonds. The Kier molecular flexibility index (Phi) is 6.72. The molecule has 2 aromatic carbocycles. The van der Waals surface area contributed by atoms with Crippen molar-refractivity contribution in [2.45, 2.75) is 64.2 Å². The van der Waals surface area contributed by atoms with Crippen LogP contribution in [-0.4, -0.2) is 35.9 Å². The topological polar surface area (TPSA) is 67.8 Å². The predicted octanol–water partition coefficient (Wildman–Crippen LogP) is 5.43. The van der Waals surface area contributed by atoms with E-state index in [2.05, 4.69) is 19.2 Å². The van der Waals surface area contributed by atoms with Crippen molar-refractivity contribution >= 4 is 17.6 Å². The summed E-state index contributed by atoms with van der Waals surface area (Å²) in [6.45, 7) is 9.49. The molecule has 1 aliphatic carbocycles. The van der Waals surface area contributed by atoms with Gasteiger partial charge in [0, 0.05) is 23.6 Å². The molecule has 7 heteroatoms. The molecule has 1 fully saturated rings. The Morgan fingerprint density at radius 2 is 2.09 bits per heavy atom. The van der Waals surface area contributed by atoms with E-state index in [-0.39, 0.29) is 28.7 Å². The van der Waals surface area contributed by atoms with E-state index in [9.17, 15) is 14.3 Å². The minimum Gasteiger partial charge on any atom is -0.488 e. The van der Waals surface area contributed by atoms with Crippen LogP contribution in [0.1, 0.15) is 61.5 Å². The maximum absolute atomic E-state index is 13.7. The van der Waals surface area contributed by atoms with Gasteiger partial charge in [-0.3, -0.25) is 4.79 Å².